The van der Waals surface area contributed by atoms with E-state index in [0.717, 1.165) is 26.2 Å². The molecule has 0 heterocycles. The van der Waals surface area contributed by atoms with Crippen LogP contribution in [0.15, 0.2) is 0 Å². The first-order valence-electron chi connectivity index (χ1n) is 17.4. The van der Waals surface area contributed by atoms with Crippen LogP contribution in [0.25, 0.3) is 0 Å². The molecule has 0 aliphatic rings. The molecule has 0 atom stereocenters. The summed E-state index contributed by atoms with van der Waals surface area (Å²) in [6, 6.07) is 0. The van der Waals surface area contributed by atoms with E-state index in [4.69, 9.17) is 61.6 Å². The zero-order chi connectivity index (χ0) is 34.0. The topological polar surface area (TPSA) is 123 Å². The fraction of sp³-hybridized carbons (Fsp3) is 1.00. The molecule has 14 nitrogen and oxygen atoms in total. The normalized spacial score (nSPS) is 11.7. The fourth-order valence-electron chi connectivity index (χ4n) is 3.44. The van der Waals surface area contributed by atoms with E-state index in [1.54, 1.807) is 0 Å². The van der Waals surface area contributed by atoms with Crippen molar-refractivity contribution in [3.63, 3.8) is 0 Å². The van der Waals surface area contributed by atoms with Crippen molar-refractivity contribution in [2.75, 3.05) is 192 Å². The Bertz CT molecular complexity index is 553. The third-order valence-electron chi connectivity index (χ3n) is 6.04. The minimum absolute atomic E-state index is 0.515. The van der Waals surface area contributed by atoms with Crippen LogP contribution >= 0.6 is 0 Å². The van der Waals surface area contributed by atoms with Gasteiger partial charge in [-0.05, 0) is 20.5 Å². The van der Waals surface area contributed by atoms with Crippen molar-refractivity contribution in [3.8, 4) is 0 Å². The number of hydrogen-bond acceptors (Lipinski definition) is 14. The Hall–Kier alpha value is -0.560. The lowest BCUT2D eigenvalue weighted by atomic mass is 10.3. The third kappa shape index (κ3) is 45.4. The molecule has 0 N–H and O–H groups in total. The quantitative estimate of drug-likeness (QED) is 0.0868. The average molecular weight is 688 g/mol. The maximum Gasteiger partial charge on any atom is 0.0701 e. The second kappa shape index (κ2) is 43.5. The lowest BCUT2D eigenvalue weighted by Gasteiger charge is -2.10. The first-order valence-corrected chi connectivity index (χ1v) is 17.4. The van der Waals surface area contributed by atoms with Gasteiger partial charge in [-0.15, -0.1) is 0 Å². The Labute approximate surface area is 285 Å². The number of hydrogen-bond donors (Lipinski definition) is 0. The first kappa shape index (κ1) is 46.4. The van der Waals surface area contributed by atoms with Gasteiger partial charge in [-0.3, -0.25) is 0 Å². The highest BCUT2D eigenvalue weighted by Gasteiger charge is 1.97. The second-order valence-electron chi connectivity index (χ2n) is 10.5. The summed E-state index contributed by atoms with van der Waals surface area (Å²) in [6.45, 7) is 17.6. The van der Waals surface area contributed by atoms with Gasteiger partial charge in [0.15, 0.2) is 0 Å². The highest BCUT2D eigenvalue weighted by Crippen LogP contribution is 1.94. The lowest BCUT2D eigenvalue weighted by Crippen LogP contribution is -2.19. The summed E-state index contributed by atoms with van der Waals surface area (Å²) in [5.74, 6) is 0. The van der Waals surface area contributed by atoms with Gasteiger partial charge < -0.3 is 66.5 Å². The van der Waals surface area contributed by atoms with Gasteiger partial charge in [-0.1, -0.05) is 19.8 Å². The molecule has 14 heteroatoms. The smallest absolute Gasteiger partial charge is 0.0701 e. The number of unbranched alkanes of at least 4 members (excludes halogenated alkanes) is 2. The minimum atomic E-state index is 0.515. The Morgan fingerprint density at radius 3 is 0.638 bits per heavy atom. The number of nitrogens with zero attached hydrogens (tertiary/aromatic N) is 1. The van der Waals surface area contributed by atoms with E-state index in [1.807, 2.05) is 14.1 Å². The van der Waals surface area contributed by atoms with Crippen LogP contribution in [0.5, 0.6) is 0 Å². The van der Waals surface area contributed by atoms with Crippen molar-refractivity contribution < 1.29 is 61.6 Å². The molecule has 0 rings (SSSR count). The van der Waals surface area contributed by atoms with Gasteiger partial charge in [-0.2, -0.15) is 0 Å². The van der Waals surface area contributed by atoms with E-state index < -0.39 is 0 Å². The molecule has 0 aliphatic heterocycles. The van der Waals surface area contributed by atoms with Crippen molar-refractivity contribution in [3.05, 3.63) is 0 Å². The van der Waals surface area contributed by atoms with Crippen LogP contribution in [0.3, 0.4) is 0 Å². The summed E-state index contributed by atoms with van der Waals surface area (Å²) in [4.78, 5) is 2.08. The Morgan fingerprint density at radius 2 is 0.447 bits per heavy atom. The van der Waals surface area contributed by atoms with Gasteiger partial charge in [0, 0.05) is 13.2 Å². The fourth-order valence-corrected chi connectivity index (χ4v) is 3.44. The molecular weight excluding hydrogens is 618 g/mol. The van der Waals surface area contributed by atoms with Crippen molar-refractivity contribution in [2.24, 2.45) is 0 Å². The van der Waals surface area contributed by atoms with E-state index in [1.165, 1.54) is 12.8 Å². The zero-order valence-corrected chi connectivity index (χ0v) is 30.0. The molecule has 0 saturated heterocycles. The van der Waals surface area contributed by atoms with Crippen LogP contribution in [-0.4, -0.2) is 197 Å². The maximum absolute atomic E-state index is 5.49. The molecular formula is C33H69NO13. The monoisotopic (exact) mass is 687 g/mol. The molecule has 0 aromatic rings. The van der Waals surface area contributed by atoms with Crippen LogP contribution in [0.2, 0.25) is 0 Å². The van der Waals surface area contributed by atoms with Crippen LogP contribution in [0.4, 0.5) is 0 Å². The van der Waals surface area contributed by atoms with Crippen LogP contribution < -0.4 is 0 Å². The van der Waals surface area contributed by atoms with E-state index in [9.17, 15) is 0 Å². The molecule has 0 amide bonds. The van der Waals surface area contributed by atoms with Gasteiger partial charge >= 0.3 is 0 Å². The molecule has 0 aromatic heterocycles. The van der Waals surface area contributed by atoms with Crippen LogP contribution in [0.1, 0.15) is 26.2 Å². The standard InChI is InChI=1S/C33H69NO13/c1-4-5-6-8-35-10-12-37-14-16-39-18-20-41-22-24-43-26-28-45-30-32-47-33-31-46-29-27-44-25-23-42-21-19-40-17-15-38-13-11-36-9-7-34(2)3/h4-33H2,1-3H3. The Balaban J connectivity index is 3.04. The predicted octanol–water partition coefficient (Wildman–Crippen LogP) is 1.95. The first-order chi connectivity index (χ1) is 23.3. The minimum Gasteiger partial charge on any atom is -0.379 e. The number of ether oxygens (including phenoxy) is 13. The highest BCUT2D eigenvalue weighted by atomic mass is 16.6. The molecule has 47 heavy (non-hydrogen) atoms. The largest absolute Gasteiger partial charge is 0.379 e. The Morgan fingerprint density at radius 1 is 0.255 bits per heavy atom. The van der Waals surface area contributed by atoms with Gasteiger partial charge in [0.2, 0.25) is 0 Å². The van der Waals surface area contributed by atoms with Gasteiger partial charge in [-0.25, -0.2) is 0 Å². The average Bonchev–Trinajstić information content (AvgIpc) is 3.07. The van der Waals surface area contributed by atoms with Crippen molar-refractivity contribution in [1.82, 2.24) is 4.90 Å². The van der Waals surface area contributed by atoms with Gasteiger partial charge in [0.1, 0.15) is 0 Å². The van der Waals surface area contributed by atoms with Crippen LogP contribution in [0, 0.1) is 0 Å². The summed E-state index contributed by atoms with van der Waals surface area (Å²) in [7, 11) is 4.04. The number of rotatable bonds is 43. The van der Waals surface area contributed by atoms with Gasteiger partial charge in [0.05, 0.1) is 165 Å². The molecule has 0 saturated carbocycles. The van der Waals surface area contributed by atoms with E-state index >= 15 is 0 Å². The van der Waals surface area contributed by atoms with Gasteiger partial charge in [0.25, 0.3) is 0 Å². The lowest BCUT2D eigenvalue weighted by molar-refractivity contribution is -0.0291. The highest BCUT2D eigenvalue weighted by molar-refractivity contribution is 4.42. The van der Waals surface area contributed by atoms with E-state index in [2.05, 4.69) is 11.8 Å². The zero-order valence-electron chi connectivity index (χ0n) is 30.0. The SMILES string of the molecule is CCCCCOCCOCCOCCOCCOCCOCCOCCOCCOCCOCCOCCOCCOCCN(C)C. The predicted molar refractivity (Wildman–Crippen MR) is 179 cm³/mol. The molecule has 0 radical (unpaired) electrons. The maximum atomic E-state index is 5.49. The molecule has 0 spiro atoms. The second-order valence-corrected chi connectivity index (χ2v) is 10.5. The molecule has 0 bridgehead atoms. The van der Waals surface area contributed by atoms with Crippen molar-refractivity contribution in [2.45, 2.75) is 26.2 Å². The molecule has 0 fully saturated rings. The van der Waals surface area contributed by atoms with Crippen molar-refractivity contribution in [1.29, 1.82) is 0 Å². The summed E-state index contributed by atoms with van der Waals surface area (Å²) < 4.78 is 71.2. The number of likely N-dealkylation sites (N-methyl/N-ethyl adjacent to an activating group) is 1. The van der Waals surface area contributed by atoms with E-state index in [-0.39, 0.29) is 0 Å². The summed E-state index contributed by atoms with van der Waals surface area (Å²) >= 11 is 0. The Kier molecular flexibility index (Phi) is 42.9. The molecule has 0 aliphatic carbocycles. The van der Waals surface area contributed by atoms with E-state index in [0.29, 0.717) is 159 Å². The molecule has 284 valence electrons. The summed E-state index contributed by atoms with van der Waals surface area (Å²) in [5.41, 5.74) is 0. The van der Waals surface area contributed by atoms with Crippen molar-refractivity contribution >= 4 is 0 Å². The summed E-state index contributed by atoms with van der Waals surface area (Å²) in [5, 5.41) is 0. The van der Waals surface area contributed by atoms with Crippen LogP contribution in [-0.2, 0) is 61.6 Å². The summed E-state index contributed by atoms with van der Waals surface area (Å²) in [6.07, 6.45) is 3.54. The third-order valence-corrected chi connectivity index (χ3v) is 6.04. The molecule has 0 unspecified atom stereocenters. The molecule has 0 aromatic carbocycles.